The van der Waals surface area contributed by atoms with Crippen molar-refractivity contribution in [3.63, 3.8) is 0 Å². The molecular weight excluding hydrogens is 342 g/mol. The second-order valence-electron chi connectivity index (χ2n) is 3.73. The number of amides is 1. The lowest BCUT2D eigenvalue weighted by atomic mass is 10.1. The molecule has 1 unspecified atom stereocenters. The molecule has 0 bridgehead atoms. The Hall–Kier alpha value is -0.360. The van der Waals surface area contributed by atoms with E-state index in [1.165, 1.54) is 4.90 Å². The Kier molecular flexibility index (Phi) is 4.98. The number of aliphatic carboxylic acids is 1. The molecule has 0 aromatic carbocycles. The molecule has 0 radical (unpaired) electrons. The monoisotopic (exact) mass is 353 g/mol. The van der Waals surface area contributed by atoms with Crippen molar-refractivity contribution in [2.75, 3.05) is 6.54 Å². The van der Waals surface area contributed by atoms with Gasteiger partial charge in [-0.2, -0.15) is 0 Å². The first-order valence-corrected chi connectivity index (χ1v) is 6.59. The van der Waals surface area contributed by atoms with Crippen LogP contribution < -0.4 is 0 Å². The van der Waals surface area contributed by atoms with E-state index in [4.69, 9.17) is 5.11 Å². The van der Waals surface area contributed by atoms with Crippen molar-refractivity contribution in [3.05, 3.63) is 9.47 Å². The number of carbonyl (C=O) groups is 2. The van der Waals surface area contributed by atoms with Crippen LogP contribution >= 0.6 is 31.9 Å². The zero-order valence-electron chi connectivity index (χ0n) is 8.82. The number of likely N-dealkylation sites (tertiary alicyclic amines) is 1. The van der Waals surface area contributed by atoms with Crippen molar-refractivity contribution in [2.24, 2.45) is 5.92 Å². The third-order valence-electron chi connectivity index (χ3n) is 2.60. The molecule has 0 aromatic rings. The van der Waals surface area contributed by atoms with Gasteiger partial charge in [0.2, 0.25) is 5.91 Å². The van der Waals surface area contributed by atoms with Crippen LogP contribution in [0.5, 0.6) is 0 Å². The molecule has 0 saturated carbocycles. The van der Waals surface area contributed by atoms with Crippen LogP contribution in [-0.4, -0.2) is 34.5 Å². The van der Waals surface area contributed by atoms with Crippen LogP contribution in [-0.2, 0) is 9.59 Å². The van der Waals surface area contributed by atoms with E-state index in [1.54, 1.807) is 6.92 Å². The molecule has 1 aliphatic rings. The second-order valence-corrected chi connectivity index (χ2v) is 6.50. The Morgan fingerprint density at radius 1 is 1.69 bits per heavy atom. The number of nitrogens with zero attached hydrogens (tertiary/aromatic N) is 1. The summed E-state index contributed by atoms with van der Waals surface area (Å²) in [5, 5.41) is 8.99. The molecule has 1 N–H and O–H groups in total. The number of hydrogen-bond donors (Lipinski definition) is 1. The normalized spacial score (nSPS) is 22.1. The average Bonchev–Trinajstić information content (AvgIpc) is 2.46. The van der Waals surface area contributed by atoms with Gasteiger partial charge < -0.3 is 10.0 Å². The fourth-order valence-corrected chi connectivity index (χ4v) is 2.63. The predicted octanol–water partition coefficient (Wildman–Crippen LogP) is 2.33. The summed E-state index contributed by atoms with van der Waals surface area (Å²) in [6.45, 7) is 2.25. The zero-order valence-corrected chi connectivity index (χ0v) is 12.0. The first-order valence-electron chi connectivity index (χ1n) is 5.00. The van der Waals surface area contributed by atoms with Gasteiger partial charge in [0.05, 0.1) is 3.39 Å². The quantitative estimate of drug-likeness (QED) is 0.842. The van der Waals surface area contributed by atoms with E-state index in [2.05, 4.69) is 31.9 Å². The number of carboxylic acids is 1. The van der Waals surface area contributed by atoms with E-state index in [1.807, 2.05) is 6.08 Å². The highest BCUT2D eigenvalue weighted by Gasteiger charge is 2.35. The van der Waals surface area contributed by atoms with Crippen molar-refractivity contribution < 1.29 is 14.7 Å². The lowest BCUT2D eigenvalue weighted by Crippen LogP contribution is -2.41. The maximum Gasteiger partial charge on any atom is 0.326 e. The number of hydrogen-bond acceptors (Lipinski definition) is 2. The standard InChI is InChI=1S/C10H13Br2NO3/c1-2-7(10(15)16)13-5-6(3-8(11)12)4-9(13)14/h3,6-7H,2,4-5H2,1H3,(H,15,16)/t6?,7-/m0/s1. The summed E-state index contributed by atoms with van der Waals surface area (Å²) in [7, 11) is 0. The Morgan fingerprint density at radius 3 is 2.75 bits per heavy atom. The van der Waals surface area contributed by atoms with Gasteiger partial charge in [-0.3, -0.25) is 4.79 Å². The molecule has 16 heavy (non-hydrogen) atoms. The van der Waals surface area contributed by atoms with Gasteiger partial charge in [0.1, 0.15) is 6.04 Å². The first kappa shape index (κ1) is 13.7. The minimum atomic E-state index is -0.932. The highest BCUT2D eigenvalue weighted by atomic mass is 79.9. The molecule has 1 amide bonds. The topological polar surface area (TPSA) is 57.6 Å². The molecule has 1 fully saturated rings. The molecule has 6 heteroatoms. The summed E-state index contributed by atoms with van der Waals surface area (Å²) in [6, 6.07) is -0.694. The molecule has 0 spiro atoms. The van der Waals surface area contributed by atoms with Crippen molar-refractivity contribution in [2.45, 2.75) is 25.8 Å². The highest BCUT2D eigenvalue weighted by molar-refractivity contribution is 9.28. The van der Waals surface area contributed by atoms with E-state index in [-0.39, 0.29) is 11.8 Å². The Balaban J connectivity index is 2.74. The van der Waals surface area contributed by atoms with Gasteiger partial charge in [0.25, 0.3) is 0 Å². The van der Waals surface area contributed by atoms with Crippen molar-refractivity contribution >= 4 is 43.7 Å². The van der Waals surface area contributed by atoms with Gasteiger partial charge in [-0.25, -0.2) is 4.79 Å². The van der Waals surface area contributed by atoms with Crippen LogP contribution in [0.4, 0.5) is 0 Å². The molecule has 0 aliphatic carbocycles. The second kappa shape index (κ2) is 5.82. The van der Waals surface area contributed by atoms with Gasteiger partial charge in [-0.05, 0) is 38.3 Å². The Bertz CT molecular complexity index is 326. The zero-order chi connectivity index (χ0) is 12.3. The lowest BCUT2D eigenvalue weighted by Gasteiger charge is -2.23. The number of rotatable bonds is 4. The molecular formula is C10H13Br2NO3. The average molecular weight is 355 g/mol. The fourth-order valence-electron chi connectivity index (χ4n) is 1.88. The maximum absolute atomic E-state index is 11.7. The van der Waals surface area contributed by atoms with Crippen molar-refractivity contribution in [3.8, 4) is 0 Å². The highest BCUT2D eigenvalue weighted by Crippen LogP contribution is 2.26. The molecule has 2 atom stereocenters. The van der Waals surface area contributed by atoms with Gasteiger partial charge in [0.15, 0.2) is 0 Å². The maximum atomic E-state index is 11.7. The summed E-state index contributed by atoms with van der Waals surface area (Å²) in [5.41, 5.74) is 0. The van der Waals surface area contributed by atoms with E-state index < -0.39 is 12.0 Å². The SMILES string of the molecule is CC[C@@H](C(=O)O)N1CC(C=C(Br)Br)CC1=O. The molecule has 1 rings (SSSR count). The van der Waals surface area contributed by atoms with Crippen molar-refractivity contribution in [1.82, 2.24) is 4.90 Å². The Labute approximate surface area is 111 Å². The number of carboxylic acid groups (broad SMARTS) is 1. The predicted molar refractivity (Wildman–Crippen MR) is 67.5 cm³/mol. The summed E-state index contributed by atoms with van der Waals surface area (Å²) in [5.74, 6) is -0.940. The van der Waals surface area contributed by atoms with Crippen molar-refractivity contribution in [1.29, 1.82) is 0 Å². The summed E-state index contributed by atoms with van der Waals surface area (Å²) in [4.78, 5) is 24.1. The van der Waals surface area contributed by atoms with Gasteiger partial charge in [-0.1, -0.05) is 13.0 Å². The molecule has 90 valence electrons. The van der Waals surface area contributed by atoms with Gasteiger partial charge in [-0.15, -0.1) is 0 Å². The molecule has 1 saturated heterocycles. The molecule has 1 heterocycles. The Morgan fingerprint density at radius 2 is 2.31 bits per heavy atom. The smallest absolute Gasteiger partial charge is 0.326 e. The number of halogens is 2. The fraction of sp³-hybridized carbons (Fsp3) is 0.600. The van der Waals surface area contributed by atoms with Crippen LogP contribution in [0.2, 0.25) is 0 Å². The van der Waals surface area contributed by atoms with Crippen LogP contribution in [0.25, 0.3) is 0 Å². The van der Waals surface area contributed by atoms with Gasteiger partial charge in [0, 0.05) is 18.9 Å². The first-order chi connectivity index (χ1) is 7.45. The lowest BCUT2D eigenvalue weighted by molar-refractivity contribution is -0.148. The van der Waals surface area contributed by atoms with Gasteiger partial charge >= 0.3 is 5.97 Å². The summed E-state index contributed by atoms with van der Waals surface area (Å²) < 4.78 is 0.794. The molecule has 1 aliphatic heterocycles. The van der Waals surface area contributed by atoms with E-state index >= 15 is 0 Å². The largest absolute Gasteiger partial charge is 0.480 e. The van der Waals surface area contributed by atoms with E-state index in [9.17, 15) is 9.59 Å². The molecule has 0 aromatic heterocycles. The van der Waals surface area contributed by atoms with E-state index in [0.29, 0.717) is 19.4 Å². The van der Waals surface area contributed by atoms with Crippen LogP contribution in [0, 0.1) is 5.92 Å². The third kappa shape index (κ3) is 3.31. The summed E-state index contributed by atoms with van der Waals surface area (Å²) in [6.07, 6.45) is 2.70. The minimum Gasteiger partial charge on any atom is -0.480 e. The van der Waals surface area contributed by atoms with Crippen LogP contribution in [0.3, 0.4) is 0 Å². The number of carbonyl (C=O) groups excluding carboxylic acids is 1. The third-order valence-corrected chi connectivity index (χ3v) is 3.13. The van der Waals surface area contributed by atoms with Crippen LogP contribution in [0.1, 0.15) is 19.8 Å². The van der Waals surface area contributed by atoms with E-state index in [0.717, 1.165) is 3.39 Å². The minimum absolute atomic E-state index is 0.0784. The van der Waals surface area contributed by atoms with Crippen LogP contribution in [0.15, 0.2) is 9.47 Å². The molecule has 4 nitrogen and oxygen atoms in total. The summed E-state index contributed by atoms with van der Waals surface area (Å²) >= 11 is 6.48.